The first-order chi connectivity index (χ1) is 14.8. The number of allylic oxidation sites excluding steroid dienone is 1. The van der Waals surface area contributed by atoms with Crippen molar-refractivity contribution in [1.29, 1.82) is 0 Å². The summed E-state index contributed by atoms with van der Waals surface area (Å²) in [5.41, 5.74) is 3.21. The fraction of sp³-hybridized carbons (Fsp3) is 0.360. The van der Waals surface area contributed by atoms with E-state index in [0.29, 0.717) is 35.6 Å². The van der Waals surface area contributed by atoms with Crippen molar-refractivity contribution in [1.82, 2.24) is 0 Å². The lowest BCUT2D eigenvalue weighted by atomic mass is 9.80. The number of ether oxygens (including phenoxy) is 3. The number of aryl methyl sites for hydroxylation is 3. The second-order valence-corrected chi connectivity index (χ2v) is 8.63. The molecule has 0 N–H and O–H groups in total. The van der Waals surface area contributed by atoms with Crippen LogP contribution in [0.5, 0.6) is 5.75 Å². The van der Waals surface area contributed by atoms with Crippen molar-refractivity contribution in [2.45, 2.75) is 52.2 Å². The molecule has 0 aromatic heterocycles. The number of hydrogen-bond donors (Lipinski definition) is 0. The molecule has 4 rings (SSSR count). The van der Waals surface area contributed by atoms with Gasteiger partial charge in [-0.3, -0.25) is 4.79 Å². The maximum absolute atomic E-state index is 13.0. The molecule has 5 nitrogen and oxygen atoms in total. The summed E-state index contributed by atoms with van der Waals surface area (Å²) in [7, 11) is 0. The van der Waals surface area contributed by atoms with Crippen LogP contribution in [-0.2, 0) is 14.3 Å². The summed E-state index contributed by atoms with van der Waals surface area (Å²) in [4.78, 5) is 25.5. The highest BCUT2D eigenvalue weighted by Crippen LogP contribution is 2.36. The van der Waals surface area contributed by atoms with Crippen molar-refractivity contribution >= 4 is 23.4 Å². The van der Waals surface area contributed by atoms with Crippen LogP contribution in [-0.4, -0.2) is 24.0 Å². The first-order valence-electron chi connectivity index (χ1n) is 10.4. The zero-order valence-electron chi connectivity index (χ0n) is 17.8. The highest BCUT2D eigenvalue weighted by molar-refractivity contribution is 6.32. The molecule has 1 aliphatic carbocycles. The number of halogens is 1. The van der Waals surface area contributed by atoms with Gasteiger partial charge in [-0.1, -0.05) is 29.8 Å². The van der Waals surface area contributed by atoms with E-state index in [1.165, 1.54) is 6.26 Å². The monoisotopic (exact) mass is 440 g/mol. The Morgan fingerprint density at radius 2 is 1.77 bits per heavy atom. The lowest BCUT2D eigenvalue weighted by Gasteiger charge is -2.36. The minimum Gasteiger partial charge on any atom is -0.493 e. The molecule has 0 spiro atoms. The van der Waals surface area contributed by atoms with Crippen molar-refractivity contribution < 1.29 is 23.8 Å². The van der Waals surface area contributed by atoms with E-state index in [9.17, 15) is 9.59 Å². The van der Waals surface area contributed by atoms with Crippen LogP contribution in [0.15, 0.2) is 48.4 Å². The molecule has 1 heterocycles. The Labute approximate surface area is 186 Å². The average molecular weight is 441 g/mol. The van der Waals surface area contributed by atoms with Gasteiger partial charge < -0.3 is 14.2 Å². The van der Waals surface area contributed by atoms with E-state index in [4.69, 9.17) is 25.8 Å². The fourth-order valence-electron chi connectivity index (χ4n) is 4.22. The van der Waals surface area contributed by atoms with E-state index in [1.807, 2.05) is 39.0 Å². The number of Topliss-reactive ketones (excluding diaryl/α,β-unsaturated/α-hetero) is 1. The molecule has 1 aliphatic heterocycles. The third kappa shape index (κ3) is 4.47. The van der Waals surface area contributed by atoms with Crippen molar-refractivity contribution in [3.8, 4) is 5.75 Å². The third-order valence-corrected chi connectivity index (χ3v) is 6.55. The number of ketones is 1. The molecule has 6 heteroatoms. The van der Waals surface area contributed by atoms with Gasteiger partial charge in [0.15, 0.2) is 0 Å². The Kier molecular flexibility index (Phi) is 6.05. The summed E-state index contributed by atoms with van der Waals surface area (Å²) in [6.45, 7) is 5.67. The quantitative estimate of drug-likeness (QED) is 0.589. The second kappa shape index (κ2) is 8.75. The lowest BCUT2D eigenvalue weighted by molar-refractivity contribution is -0.132. The Bertz CT molecular complexity index is 1030. The average Bonchev–Trinajstić information content (AvgIpc) is 2.74. The van der Waals surface area contributed by atoms with E-state index in [-0.39, 0.29) is 35.6 Å². The molecule has 3 unspecified atom stereocenters. The topological polar surface area (TPSA) is 61.8 Å². The summed E-state index contributed by atoms with van der Waals surface area (Å²) in [6, 6.07) is 11.0. The maximum Gasteiger partial charge on any atom is 0.338 e. The van der Waals surface area contributed by atoms with Crippen LogP contribution in [0.1, 0.15) is 46.3 Å². The molecule has 0 bridgehead atoms. The molecule has 2 aliphatic rings. The summed E-state index contributed by atoms with van der Waals surface area (Å²) in [5.74, 6) is 0.0319. The number of carbonyl (C=O) groups is 2. The van der Waals surface area contributed by atoms with Gasteiger partial charge in [0.2, 0.25) is 11.5 Å². The standard InChI is InChI=1S/C25H25ClO5/c1-14-6-4-5-7-19(14)25(28)31-17-8-9-20-21(12-17)29-13-22(24(20)27)30-18-10-15(2)23(26)16(3)11-18/h4-7,10-11,13,17,20-21H,8-9,12H2,1-3H3. The van der Waals surface area contributed by atoms with Gasteiger partial charge in [-0.2, -0.15) is 0 Å². The summed E-state index contributed by atoms with van der Waals surface area (Å²) >= 11 is 6.21. The van der Waals surface area contributed by atoms with Gasteiger partial charge >= 0.3 is 5.97 Å². The van der Waals surface area contributed by atoms with Gasteiger partial charge in [0, 0.05) is 11.4 Å². The Hall–Kier alpha value is -2.79. The van der Waals surface area contributed by atoms with Crippen molar-refractivity contribution in [2.24, 2.45) is 5.92 Å². The zero-order valence-corrected chi connectivity index (χ0v) is 18.6. The van der Waals surface area contributed by atoms with Crippen LogP contribution in [0.4, 0.5) is 0 Å². The molecule has 0 radical (unpaired) electrons. The first-order valence-corrected chi connectivity index (χ1v) is 10.8. The smallest absolute Gasteiger partial charge is 0.338 e. The number of rotatable bonds is 4. The molecule has 0 amide bonds. The molecule has 162 valence electrons. The Balaban J connectivity index is 1.41. The van der Waals surface area contributed by atoms with Crippen molar-refractivity contribution in [3.05, 3.63) is 75.7 Å². The fourth-order valence-corrected chi connectivity index (χ4v) is 4.33. The molecule has 1 fully saturated rings. The SMILES string of the molecule is Cc1ccccc1C(=O)OC1CCC2C(=O)C(Oc3cc(C)c(Cl)c(C)c3)=COC2C1. The maximum atomic E-state index is 13.0. The van der Waals surface area contributed by atoms with Crippen LogP contribution in [0.2, 0.25) is 5.02 Å². The van der Waals surface area contributed by atoms with Gasteiger partial charge in [-0.25, -0.2) is 4.79 Å². The third-order valence-electron chi connectivity index (χ3n) is 5.95. The van der Waals surface area contributed by atoms with E-state index >= 15 is 0 Å². The van der Waals surface area contributed by atoms with Crippen molar-refractivity contribution in [2.75, 3.05) is 0 Å². The zero-order chi connectivity index (χ0) is 22.1. The van der Waals surface area contributed by atoms with Gasteiger partial charge in [0.1, 0.15) is 24.2 Å². The summed E-state index contributed by atoms with van der Waals surface area (Å²) < 4.78 is 17.4. The Morgan fingerprint density at radius 1 is 1.06 bits per heavy atom. The van der Waals surface area contributed by atoms with Crippen LogP contribution in [0, 0.1) is 26.7 Å². The normalized spacial score (nSPS) is 22.8. The number of esters is 1. The molecule has 31 heavy (non-hydrogen) atoms. The van der Waals surface area contributed by atoms with Gasteiger partial charge in [0.05, 0.1) is 11.5 Å². The molecule has 2 aromatic carbocycles. The second-order valence-electron chi connectivity index (χ2n) is 8.26. The van der Waals surface area contributed by atoms with Crippen LogP contribution in [0.3, 0.4) is 0 Å². The number of benzene rings is 2. The molecule has 1 saturated carbocycles. The summed E-state index contributed by atoms with van der Waals surface area (Å²) in [6.07, 6.45) is 2.45. The Morgan fingerprint density at radius 3 is 2.48 bits per heavy atom. The van der Waals surface area contributed by atoms with Crippen molar-refractivity contribution in [3.63, 3.8) is 0 Å². The number of fused-ring (bicyclic) bond motifs is 1. The summed E-state index contributed by atoms with van der Waals surface area (Å²) in [5, 5.41) is 0.686. The predicted octanol–water partition coefficient (Wildman–Crippen LogP) is 5.48. The van der Waals surface area contributed by atoms with E-state index < -0.39 is 0 Å². The molecule has 3 atom stereocenters. The number of carbonyl (C=O) groups excluding carboxylic acids is 2. The number of hydrogen-bond acceptors (Lipinski definition) is 5. The van der Waals surface area contributed by atoms with Gasteiger partial charge in [-0.05, 0) is 68.5 Å². The van der Waals surface area contributed by atoms with E-state index in [2.05, 4.69) is 0 Å². The largest absolute Gasteiger partial charge is 0.493 e. The molecule has 0 saturated heterocycles. The molecule has 2 aromatic rings. The first kappa shape index (κ1) is 21.4. The minimum atomic E-state index is -0.336. The minimum absolute atomic E-state index is 0.0785. The van der Waals surface area contributed by atoms with Crippen LogP contribution in [0.25, 0.3) is 0 Å². The van der Waals surface area contributed by atoms with E-state index in [0.717, 1.165) is 16.7 Å². The predicted molar refractivity (Wildman–Crippen MR) is 117 cm³/mol. The van der Waals surface area contributed by atoms with E-state index in [1.54, 1.807) is 18.2 Å². The highest BCUT2D eigenvalue weighted by atomic mass is 35.5. The highest BCUT2D eigenvalue weighted by Gasteiger charge is 2.42. The van der Waals surface area contributed by atoms with Crippen LogP contribution < -0.4 is 4.74 Å². The van der Waals surface area contributed by atoms with Crippen LogP contribution >= 0.6 is 11.6 Å². The molecular weight excluding hydrogens is 416 g/mol. The lowest BCUT2D eigenvalue weighted by Crippen LogP contribution is -2.43. The van der Waals surface area contributed by atoms with Gasteiger partial charge in [-0.15, -0.1) is 0 Å². The molecular formula is C25H25ClO5. The van der Waals surface area contributed by atoms with Gasteiger partial charge in [0.25, 0.3) is 0 Å².